The first-order valence-electron chi connectivity index (χ1n) is 8.26. The number of carbonyl (C=O) groups is 1. The topological polar surface area (TPSA) is 89.5 Å². The summed E-state index contributed by atoms with van der Waals surface area (Å²) in [6.45, 7) is 0. The van der Waals surface area contributed by atoms with Crippen LogP contribution >= 0.6 is 11.3 Å². The zero-order valence-corrected chi connectivity index (χ0v) is 15.1. The van der Waals surface area contributed by atoms with Crippen LogP contribution in [0.4, 0.5) is 15.9 Å². The molecule has 1 N–H and O–H groups in total. The van der Waals surface area contributed by atoms with E-state index < -0.39 is 4.92 Å². The van der Waals surface area contributed by atoms with E-state index in [2.05, 4.69) is 10.3 Å². The Morgan fingerprint density at radius 2 is 1.89 bits per heavy atom. The minimum Gasteiger partial charge on any atom is -0.310 e. The number of rotatable bonds is 5. The second kappa shape index (κ2) is 7.20. The number of non-ortho nitro benzene ring substituents is 1. The number of amides is 1. The van der Waals surface area contributed by atoms with Gasteiger partial charge in [0.25, 0.3) is 5.69 Å². The molecule has 0 fully saturated rings. The van der Waals surface area contributed by atoms with Gasteiger partial charge in [-0.05, 0) is 29.8 Å². The number of nitro benzene ring substituents is 1. The Hall–Kier alpha value is -3.59. The molecule has 0 saturated heterocycles. The molecule has 28 heavy (non-hydrogen) atoms. The maximum Gasteiger partial charge on any atom is 0.269 e. The third kappa shape index (κ3) is 3.47. The van der Waals surface area contributed by atoms with Crippen LogP contribution in [0, 0.1) is 15.9 Å². The summed E-state index contributed by atoms with van der Waals surface area (Å²) in [6, 6.07) is 11.7. The molecule has 0 aliphatic rings. The maximum absolute atomic E-state index is 13.2. The second-order valence-electron chi connectivity index (χ2n) is 6.02. The first-order chi connectivity index (χ1) is 13.5. The lowest BCUT2D eigenvalue weighted by molar-refractivity contribution is -0.384. The smallest absolute Gasteiger partial charge is 0.269 e. The lowest BCUT2D eigenvalue weighted by atomic mass is 10.1. The van der Waals surface area contributed by atoms with Crippen molar-refractivity contribution in [2.75, 3.05) is 5.32 Å². The van der Waals surface area contributed by atoms with Crippen LogP contribution in [-0.2, 0) is 11.2 Å². The van der Waals surface area contributed by atoms with Crippen LogP contribution in [0.25, 0.3) is 16.2 Å². The van der Waals surface area contributed by atoms with Gasteiger partial charge in [-0.1, -0.05) is 12.1 Å². The average molecular weight is 396 g/mol. The van der Waals surface area contributed by atoms with Crippen LogP contribution in [0.15, 0.2) is 60.1 Å². The summed E-state index contributed by atoms with van der Waals surface area (Å²) < 4.78 is 15.0. The van der Waals surface area contributed by atoms with E-state index >= 15 is 0 Å². The molecule has 0 spiro atoms. The molecule has 0 aliphatic carbocycles. The number of aromatic nitrogens is 2. The summed E-state index contributed by atoms with van der Waals surface area (Å²) in [5, 5.41) is 15.4. The van der Waals surface area contributed by atoms with Crippen molar-refractivity contribution >= 4 is 33.7 Å². The van der Waals surface area contributed by atoms with Gasteiger partial charge in [0.15, 0.2) is 4.96 Å². The van der Waals surface area contributed by atoms with E-state index in [9.17, 15) is 19.3 Å². The van der Waals surface area contributed by atoms with Crippen LogP contribution in [0.1, 0.15) is 5.56 Å². The third-order valence-corrected chi connectivity index (χ3v) is 4.91. The molecule has 0 bridgehead atoms. The largest absolute Gasteiger partial charge is 0.310 e. The highest BCUT2D eigenvalue weighted by atomic mass is 32.1. The number of thiazole rings is 1. The summed E-state index contributed by atoms with van der Waals surface area (Å²) >= 11 is 1.42. The molecule has 2 aromatic heterocycles. The van der Waals surface area contributed by atoms with Crippen molar-refractivity contribution in [3.63, 3.8) is 0 Å². The second-order valence-corrected chi connectivity index (χ2v) is 6.89. The normalized spacial score (nSPS) is 10.9. The van der Waals surface area contributed by atoms with Gasteiger partial charge in [0.1, 0.15) is 17.3 Å². The minimum absolute atomic E-state index is 0.0291. The molecule has 140 valence electrons. The van der Waals surface area contributed by atoms with Crippen LogP contribution in [-0.4, -0.2) is 20.2 Å². The van der Waals surface area contributed by atoms with Crippen molar-refractivity contribution in [3.05, 3.63) is 81.6 Å². The van der Waals surface area contributed by atoms with Gasteiger partial charge in [0, 0.05) is 29.3 Å². The summed E-state index contributed by atoms with van der Waals surface area (Å²) in [5.74, 6) is -0.145. The molecule has 9 heteroatoms. The van der Waals surface area contributed by atoms with Crippen molar-refractivity contribution in [2.24, 2.45) is 0 Å². The SMILES string of the molecule is O=C(Cc1ccc([N+](=O)[O-])cc1)Nc1c(-c2ccc(F)cc2)nc2sccn12. The fourth-order valence-corrected chi connectivity index (χ4v) is 3.53. The van der Waals surface area contributed by atoms with Gasteiger partial charge in [-0.15, -0.1) is 11.3 Å². The fourth-order valence-electron chi connectivity index (χ4n) is 2.81. The van der Waals surface area contributed by atoms with Crippen molar-refractivity contribution in [1.82, 2.24) is 9.38 Å². The lowest BCUT2D eigenvalue weighted by Crippen LogP contribution is -2.16. The molecule has 0 saturated carbocycles. The predicted octanol–water partition coefficient (Wildman–Crippen LogP) is 4.29. The zero-order chi connectivity index (χ0) is 19.7. The standard InChI is InChI=1S/C19H13FN4O3S/c20-14-5-3-13(4-6-14)17-18(23-9-10-28-19(23)22-17)21-16(25)11-12-1-7-15(8-2-12)24(26)27/h1-10H,11H2,(H,21,25). The number of hydrogen-bond donors (Lipinski definition) is 1. The van der Waals surface area contributed by atoms with E-state index in [-0.39, 0.29) is 23.8 Å². The van der Waals surface area contributed by atoms with Gasteiger partial charge in [0.2, 0.25) is 5.91 Å². The molecule has 7 nitrogen and oxygen atoms in total. The number of benzene rings is 2. The summed E-state index contributed by atoms with van der Waals surface area (Å²) in [4.78, 5) is 28.0. The summed E-state index contributed by atoms with van der Waals surface area (Å²) in [7, 11) is 0. The Balaban J connectivity index is 1.60. The van der Waals surface area contributed by atoms with Gasteiger partial charge in [0.05, 0.1) is 11.3 Å². The quantitative estimate of drug-likeness (QED) is 0.402. The lowest BCUT2D eigenvalue weighted by Gasteiger charge is -2.07. The van der Waals surface area contributed by atoms with Gasteiger partial charge in [-0.25, -0.2) is 9.37 Å². The van der Waals surface area contributed by atoms with Gasteiger partial charge < -0.3 is 5.32 Å². The molecule has 0 atom stereocenters. The average Bonchev–Trinajstić information content (AvgIpc) is 3.26. The molecule has 1 amide bonds. The molecule has 4 rings (SSSR count). The Bertz CT molecular complexity index is 1170. The Kier molecular flexibility index (Phi) is 4.58. The van der Waals surface area contributed by atoms with E-state index in [1.165, 1.54) is 35.6 Å². The minimum atomic E-state index is -0.488. The number of halogens is 1. The molecular weight excluding hydrogens is 383 g/mol. The van der Waals surface area contributed by atoms with Crippen LogP contribution < -0.4 is 5.32 Å². The number of carbonyl (C=O) groups excluding carboxylic acids is 1. The number of nitrogens with one attached hydrogen (secondary N) is 1. The van der Waals surface area contributed by atoms with Crippen molar-refractivity contribution in [3.8, 4) is 11.3 Å². The van der Waals surface area contributed by atoms with E-state index in [0.29, 0.717) is 27.6 Å². The third-order valence-electron chi connectivity index (χ3n) is 4.15. The number of nitrogens with zero attached hydrogens (tertiary/aromatic N) is 3. The first kappa shape index (κ1) is 17.8. The van der Waals surface area contributed by atoms with Crippen molar-refractivity contribution in [2.45, 2.75) is 6.42 Å². The van der Waals surface area contributed by atoms with E-state index in [0.717, 1.165) is 0 Å². The van der Waals surface area contributed by atoms with Gasteiger partial charge in [-0.2, -0.15) is 0 Å². The monoisotopic (exact) mass is 396 g/mol. The molecule has 0 radical (unpaired) electrons. The molecular formula is C19H13FN4O3S. The van der Waals surface area contributed by atoms with Crippen LogP contribution in [0.2, 0.25) is 0 Å². The van der Waals surface area contributed by atoms with E-state index in [1.54, 1.807) is 34.9 Å². The number of nitro groups is 1. The highest BCUT2D eigenvalue weighted by Gasteiger charge is 2.18. The molecule has 4 aromatic rings. The van der Waals surface area contributed by atoms with Gasteiger partial charge in [-0.3, -0.25) is 19.3 Å². The van der Waals surface area contributed by atoms with Crippen LogP contribution in [0.3, 0.4) is 0 Å². The van der Waals surface area contributed by atoms with Gasteiger partial charge >= 0.3 is 0 Å². The molecule has 0 aliphatic heterocycles. The Morgan fingerprint density at radius 1 is 1.18 bits per heavy atom. The van der Waals surface area contributed by atoms with Crippen molar-refractivity contribution in [1.29, 1.82) is 0 Å². The number of fused-ring (bicyclic) bond motifs is 1. The number of hydrogen-bond acceptors (Lipinski definition) is 5. The zero-order valence-electron chi connectivity index (χ0n) is 14.3. The number of anilines is 1. The molecule has 0 unspecified atom stereocenters. The predicted molar refractivity (Wildman–Crippen MR) is 104 cm³/mol. The van der Waals surface area contributed by atoms with E-state index in [1.807, 2.05) is 5.38 Å². The van der Waals surface area contributed by atoms with E-state index in [4.69, 9.17) is 0 Å². The molecule has 2 heterocycles. The number of imidazole rings is 1. The summed E-state index contributed by atoms with van der Waals surface area (Å²) in [6.07, 6.45) is 1.85. The Morgan fingerprint density at radius 3 is 2.57 bits per heavy atom. The Labute approximate surface area is 162 Å². The first-order valence-corrected chi connectivity index (χ1v) is 9.14. The highest BCUT2D eigenvalue weighted by molar-refractivity contribution is 7.15. The maximum atomic E-state index is 13.2. The summed E-state index contributed by atoms with van der Waals surface area (Å²) in [5.41, 5.74) is 1.85. The fraction of sp³-hybridized carbons (Fsp3) is 0.0526. The van der Waals surface area contributed by atoms with Crippen LogP contribution in [0.5, 0.6) is 0 Å². The molecule has 2 aromatic carbocycles. The van der Waals surface area contributed by atoms with Crippen molar-refractivity contribution < 1.29 is 14.1 Å². The highest BCUT2D eigenvalue weighted by Crippen LogP contribution is 2.31.